The molecule has 1 aromatic carbocycles. The largest absolute Gasteiger partial charge is 0.385 e. The summed E-state index contributed by atoms with van der Waals surface area (Å²) in [4.78, 5) is 27.1. The molecule has 6 heteroatoms. The van der Waals surface area contributed by atoms with Gasteiger partial charge in [0.2, 0.25) is 0 Å². The van der Waals surface area contributed by atoms with Crippen molar-refractivity contribution in [2.75, 3.05) is 26.8 Å². The molecule has 1 aromatic heterocycles. The lowest BCUT2D eigenvalue weighted by atomic mass is 9.84. The van der Waals surface area contributed by atoms with Gasteiger partial charge in [-0.1, -0.05) is 18.2 Å². The molecule has 2 heterocycles. The molecule has 0 spiro atoms. The summed E-state index contributed by atoms with van der Waals surface area (Å²) in [5.74, 6) is 0.000270. The lowest BCUT2D eigenvalue weighted by Gasteiger charge is -2.42. The molecule has 1 fully saturated rings. The fourth-order valence-corrected chi connectivity index (χ4v) is 3.97. The van der Waals surface area contributed by atoms with E-state index >= 15 is 0 Å². The topological polar surface area (TPSA) is 58.6 Å². The maximum absolute atomic E-state index is 12.7. The van der Waals surface area contributed by atoms with Gasteiger partial charge in [0, 0.05) is 43.3 Å². The van der Waals surface area contributed by atoms with Gasteiger partial charge in [-0.15, -0.1) is 0 Å². The highest BCUT2D eigenvalue weighted by molar-refractivity contribution is 7.08. The van der Waals surface area contributed by atoms with Crippen LogP contribution in [0.1, 0.15) is 40.0 Å². The van der Waals surface area contributed by atoms with Crippen LogP contribution in [-0.4, -0.2) is 49.1 Å². The number of hydrogen-bond acceptors (Lipinski definition) is 4. The van der Waals surface area contributed by atoms with Gasteiger partial charge < -0.3 is 15.0 Å². The molecule has 2 amide bonds. The lowest BCUT2D eigenvalue weighted by Crippen LogP contribution is -2.56. The molecule has 26 heavy (non-hydrogen) atoms. The Balaban J connectivity index is 1.67. The molecule has 0 saturated carbocycles. The Morgan fingerprint density at radius 3 is 2.50 bits per heavy atom. The number of hydrogen-bond donors (Lipinski definition) is 1. The molecular formula is C20H24N2O3S. The Bertz CT molecular complexity index is 723. The minimum atomic E-state index is -0.339. The number of nitrogens with one attached hydrogen (secondary N) is 1. The summed E-state index contributed by atoms with van der Waals surface area (Å²) < 4.78 is 5.26. The van der Waals surface area contributed by atoms with Crippen molar-refractivity contribution in [2.45, 2.75) is 24.8 Å². The van der Waals surface area contributed by atoms with Crippen LogP contribution in [0.4, 0.5) is 0 Å². The maximum atomic E-state index is 12.7. The SMILES string of the molecule is COCCC1(NC(=O)c2ccccc2)CCN(C(=O)c2ccsc2)CC1. The van der Waals surface area contributed by atoms with Gasteiger partial charge in [-0.25, -0.2) is 0 Å². The highest BCUT2D eigenvalue weighted by Crippen LogP contribution is 2.28. The third kappa shape index (κ3) is 4.31. The molecule has 138 valence electrons. The van der Waals surface area contributed by atoms with E-state index in [1.54, 1.807) is 7.11 Å². The van der Waals surface area contributed by atoms with Gasteiger partial charge in [-0.2, -0.15) is 11.3 Å². The van der Waals surface area contributed by atoms with Crippen molar-refractivity contribution in [3.8, 4) is 0 Å². The number of piperidine rings is 1. The molecule has 2 aromatic rings. The first-order valence-corrected chi connectivity index (χ1v) is 9.76. The summed E-state index contributed by atoms with van der Waals surface area (Å²) in [5.41, 5.74) is 1.06. The first-order valence-electron chi connectivity index (χ1n) is 8.81. The maximum Gasteiger partial charge on any atom is 0.254 e. The van der Waals surface area contributed by atoms with Gasteiger partial charge in [0.15, 0.2) is 0 Å². The second-order valence-electron chi connectivity index (χ2n) is 6.65. The molecule has 1 aliphatic rings. The summed E-state index contributed by atoms with van der Waals surface area (Å²) in [6.07, 6.45) is 2.19. The van der Waals surface area contributed by atoms with Crippen molar-refractivity contribution in [2.24, 2.45) is 0 Å². The van der Waals surface area contributed by atoms with E-state index in [1.807, 2.05) is 52.1 Å². The number of ether oxygens (including phenoxy) is 1. The average molecular weight is 372 g/mol. The fraction of sp³-hybridized carbons (Fsp3) is 0.400. The summed E-state index contributed by atoms with van der Waals surface area (Å²) in [6, 6.07) is 11.1. The Morgan fingerprint density at radius 1 is 1.15 bits per heavy atom. The van der Waals surface area contributed by atoms with Crippen LogP contribution in [0.25, 0.3) is 0 Å². The van der Waals surface area contributed by atoms with Gasteiger partial charge in [-0.05, 0) is 42.8 Å². The van der Waals surface area contributed by atoms with Crippen LogP contribution in [0.2, 0.25) is 0 Å². The van der Waals surface area contributed by atoms with Crippen molar-refractivity contribution in [3.05, 3.63) is 58.3 Å². The van der Waals surface area contributed by atoms with E-state index in [4.69, 9.17) is 4.74 Å². The number of rotatable bonds is 6. The van der Waals surface area contributed by atoms with Crippen LogP contribution in [0.3, 0.4) is 0 Å². The zero-order valence-corrected chi connectivity index (χ0v) is 15.8. The van der Waals surface area contributed by atoms with E-state index in [-0.39, 0.29) is 17.4 Å². The van der Waals surface area contributed by atoms with Crippen LogP contribution in [0.5, 0.6) is 0 Å². The third-order valence-corrected chi connectivity index (χ3v) is 5.66. The molecular weight excluding hydrogens is 348 g/mol. The molecule has 0 aliphatic carbocycles. The Hall–Kier alpha value is -2.18. The molecule has 5 nitrogen and oxygen atoms in total. The highest BCUT2D eigenvalue weighted by atomic mass is 32.1. The third-order valence-electron chi connectivity index (χ3n) is 4.98. The number of thiophene rings is 1. The molecule has 3 rings (SSSR count). The molecule has 0 unspecified atom stereocenters. The Morgan fingerprint density at radius 2 is 1.88 bits per heavy atom. The van der Waals surface area contributed by atoms with E-state index in [0.717, 1.165) is 24.8 Å². The van der Waals surface area contributed by atoms with E-state index < -0.39 is 0 Å². The Kier molecular flexibility index (Phi) is 6.06. The van der Waals surface area contributed by atoms with Crippen LogP contribution < -0.4 is 5.32 Å². The molecule has 0 bridgehead atoms. The highest BCUT2D eigenvalue weighted by Gasteiger charge is 2.37. The van der Waals surface area contributed by atoms with Crippen molar-refractivity contribution >= 4 is 23.2 Å². The molecule has 0 atom stereocenters. The van der Waals surface area contributed by atoms with Crippen LogP contribution in [0.15, 0.2) is 47.2 Å². The average Bonchev–Trinajstić information content (AvgIpc) is 3.22. The minimum Gasteiger partial charge on any atom is -0.385 e. The second-order valence-corrected chi connectivity index (χ2v) is 7.43. The number of carbonyl (C=O) groups is 2. The fourth-order valence-electron chi connectivity index (χ4n) is 3.34. The van der Waals surface area contributed by atoms with Crippen molar-refractivity contribution in [3.63, 3.8) is 0 Å². The monoisotopic (exact) mass is 372 g/mol. The van der Waals surface area contributed by atoms with Gasteiger partial charge in [-0.3, -0.25) is 9.59 Å². The quantitative estimate of drug-likeness (QED) is 0.847. The molecule has 1 saturated heterocycles. The summed E-state index contributed by atoms with van der Waals surface area (Å²) in [5, 5.41) is 7.02. The van der Waals surface area contributed by atoms with Gasteiger partial charge >= 0.3 is 0 Å². The van der Waals surface area contributed by atoms with Crippen molar-refractivity contribution < 1.29 is 14.3 Å². The van der Waals surface area contributed by atoms with Crippen molar-refractivity contribution in [1.29, 1.82) is 0 Å². The minimum absolute atomic E-state index is 0.0701. The molecule has 1 aliphatic heterocycles. The zero-order chi connectivity index (χ0) is 18.4. The number of benzene rings is 1. The van der Waals surface area contributed by atoms with Gasteiger partial charge in [0.1, 0.15) is 0 Å². The van der Waals surface area contributed by atoms with Gasteiger partial charge in [0.05, 0.1) is 5.56 Å². The molecule has 0 radical (unpaired) electrons. The van der Waals surface area contributed by atoms with E-state index in [2.05, 4.69) is 5.32 Å². The van der Waals surface area contributed by atoms with E-state index in [1.165, 1.54) is 11.3 Å². The lowest BCUT2D eigenvalue weighted by molar-refractivity contribution is 0.0559. The second kappa shape index (κ2) is 8.47. The number of likely N-dealkylation sites (tertiary alicyclic amines) is 1. The summed E-state index contributed by atoms with van der Waals surface area (Å²) in [7, 11) is 1.67. The van der Waals surface area contributed by atoms with Crippen LogP contribution in [0, 0.1) is 0 Å². The normalized spacial score (nSPS) is 16.3. The predicted octanol–water partition coefficient (Wildman–Crippen LogP) is 3.19. The van der Waals surface area contributed by atoms with Crippen LogP contribution in [-0.2, 0) is 4.74 Å². The van der Waals surface area contributed by atoms with E-state index in [9.17, 15) is 9.59 Å². The number of amides is 2. The van der Waals surface area contributed by atoms with Crippen molar-refractivity contribution in [1.82, 2.24) is 10.2 Å². The standard InChI is InChI=1S/C20H24N2O3S/c1-25-13-10-20(21-18(23)16-5-3-2-4-6-16)8-11-22(12-9-20)19(24)17-7-14-26-15-17/h2-7,14-15H,8-13H2,1H3,(H,21,23). The predicted molar refractivity (Wildman–Crippen MR) is 103 cm³/mol. The van der Waals surface area contributed by atoms with Gasteiger partial charge in [0.25, 0.3) is 11.8 Å². The smallest absolute Gasteiger partial charge is 0.254 e. The van der Waals surface area contributed by atoms with E-state index in [0.29, 0.717) is 25.3 Å². The first-order chi connectivity index (χ1) is 12.6. The molecule has 1 N–H and O–H groups in total. The first kappa shape index (κ1) is 18.6. The van der Waals surface area contributed by atoms with Crippen LogP contribution >= 0.6 is 11.3 Å². The summed E-state index contributed by atoms with van der Waals surface area (Å²) >= 11 is 1.53. The number of nitrogens with zero attached hydrogens (tertiary/aromatic N) is 1. The number of carbonyl (C=O) groups excluding carboxylic acids is 2. The Labute approximate surface area is 158 Å². The summed E-state index contributed by atoms with van der Waals surface area (Å²) in [6.45, 7) is 1.84. The zero-order valence-electron chi connectivity index (χ0n) is 14.9. The number of methoxy groups -OCH3 is 1.